The lowest BCUT2D eigenvalue weighted by Crippen LogP contribution is -2.15. The molecule has 148 valence electrons. The van der Waals surface area contributed by atoms with Crippen LogP contribution in [-0.4, -0.2) is 38.1 Å². The number of hydrogen-bond acceptors (Lipinski definition) is 4. The highest BCUT2D eigenvalue weighted by molar-refractivity contribution is 7.98. The smallest absolute Gasteiger partial charge is 0.231 e. The van der Waals surface area contributed by atoms with Gasteiger partial charge < -0.3 is 5.32 Å². The molecule has 0 saturated heterocycles. The molecule has 1 saturated carbocycles. The van der Waals surface area contributed by atoms with E-state index in [0.717, 1.165) is 11.8 Å². The molecule has 2 atom stereocenters. The van der Waals surface area contributed by atoms with Gasteiger partial charge in [0, 0.05) is 23.2 Å². The SMILES string of the molecule is CSc1c(F)c(F)c2[nH]ncc2c1-c1ccn2nc(NC(=O)C3CC3F)cc2c1. The van der Waals surface area contributed by atoms with Gasteiger partial charge in [-0.1, -0.05) is 0 Å². The average Bonchev–Trinajstić information content (AvgIpc) is 3.09. The number of fused-ring (bicyclic) bond motifs is 2. The third-order valence-corrected chi connectivity index (χ3v) is 5.80. The summed E-state index contributed by atoms with van der Waals surface area (Å²) < 4.78 is 43.5. The van der Waals surface area contributed by atoms with E-state index in [4.69, 9.17) is 0 Å². The van der Waals surface area contributed by atoms with Crippen molar-refractivity contribution in [2.24, 2.45) is 5.92 Å². The van der Waals surface area contributed by atoms with Crippen LogP contribution in [0.4, 0.5) is 19.0 Å². The quantitative estimate of drug-likeness (QED) is 0.489. The number of amides is 1. The lowest BCUT2D eigenvalue weighted by molar-refractivity contribution is -0.117. The first-order chi connectivity index (χ1) is 14.0. The summed E-state index contributed by atoms with van der Waals surface area (Å²) in [5.74, 6) is -2.61. The van der Waals surface area contributed by atoms with Crippen LogP contribution in [0, 0.1) is 17.6 Å². The van der Waals surface area contributed by atoms with Gasteiger partial charge in [-0.25, -0.2) is 17.7 Å². The summed E-state index contributed by atoms with van der Waals surface area (Å²) >= 11 is 1.11. The molecule has 0 spiro atoms. The Morgan fingerprint density at radius 3 is 2.86 bits per heavy atom. The molecule has 1 aliphatic rings. The summed E-state index contributed by atoms with van der Waals surface area (Å²) in [6.07, 6.45) is 3.94. The van der Waals surface area contributed by atoms with Crippen molar-refractivity contribution in [1.29, 1.82) is 0 Å². The zero-order valence-electron chi connectivity index (χ0n) is 15.0. The molecule has 2 unspecified atom stereocenters. The fourth-order valence-corrected chi connectivity index (χ4v) is 4.13. The molecule has 5 rings (SSSR count). The Kier molecular flexibility index (Phi) is 4.05. The van der Waals surface area contributed by atoms with Crippen LogP contribution in [0.3, 0.4) is 0 Å². The molecule has 3 heterocycles. The van der Waals surface area contributed by atoms with Crippen molar-refractivity contribution in [3.05, 3.63) is 42.2 Å². The van der Waals surface area contributed by atoms with Gasteiger partial charge in [0.15, 0.2) is 17.5 Å². The maximum atomic E-state index is 14.6. The minimum atomic E-state index is -1.09. The second-order valence-electron chi connectivity index (χ2n) is 6.86. The van der Waals surface area contributed by atoms with E-state index in [0.29, 0.717) is 27.8 Å². The molecule has 29 heavy (non-hydrogen) atoms. The third-order valence-electron chi connectivity index (χ3n) is 5.00. The maximum absolute atomic E-state index is 14.6. The van der Waals surface area contributed by atoms with E-state index in [1.807, 2.05) is 0 Å². The van der Waals surface area contributed by atoms with Gasteiger partial charge in [0.1, 0.15) is 11.7 Å². The molecule has 1 aromatic carbocycles. The van der Waals surface area contributed by atoms with Gasteiger partial charge in [0.2, 0.25) is 5.91 Å². The Morgan fingerprint density at radius 2 is 2.14 bits per heavy atom. The molecule has 4 aromatic rings. The lowest BCUT2D eigenvalue weighted by Gasteiger charge is -2.12. The number of hydrogen-bond donors (Lipinski definition) is 2. The summed E-state index contributed by atoms with van der Waals surface area (Å²) in [6.45, 7) is 0. The number of alkyl halides is 1. The van der Waals surface area contributed by atoms with Crippen molar-refractivity contribution in [2.75, 3.05) is 11.6 Å². The second kappa shape index (κ2) is 6.51. The Morgan fingerprint density at radius 1 is 1.34 bits per heavy atom. The Hall–Kier alpha value is -3.01. The van der Waals surface area contributed by atoms with Gasteiger partial charge in [0.05, 0.1) is 22.5 Å². The molecule has 1 aliphatic carbocycles. The van der Waals surface area contributed by atoms with Gasteiger partial charge in [-0.3, -0.25) is 9.89 Å². The first kappa shape index (κ1) is 18.0. The van der Waals surface area contributed by atoms with Crippen LogP contribution in [0.5, 0.6) is 0 Å². The highest BCUT2D eigenvalue weighted by Crippen LogP contribution is 2.40. The van der Waals surface area contributed by atoms with Crippen LogP contribution >= 0.6 is 11.8 Å². The number of nitrogens with one attached hydrogen (secondary N) is 2. The van der Waals surface area contributed by atoms with Crippen molar-refractivity contribution in [1.82, 2.24) is 19.8 Å². The van der Waals surface area contributed by atoms with E-state index in [1.54, 1.807) is 35.2 Å². The Balaban J connectivity index is 1.60. The molecule has 10 heteroatoms. The summed E-state index contributed by atoms with van der Waals surface area (Å²) in [5, 5.41) is 13.7. The normalized spacial score (nSPS) is 18.5. The lowest BCUT2D eigenvalue weighted by atomic mass is 10.0. The van der Waals surface area contributed by atoms with E-state index in [2.05, 4.69) is 20.6 Å². The predicted molar refractivity (Wildman–Crippen MR) is 104 cm³/mol. The molecule has 6 nitrogen and oxygen atoms in total. The third kappa shape index (κ3) is 2.86. The number of carbonyl (C=O) groups excluding carboxylic acids is 1. The molecule has 1 amide bonds. The molecular weight excluding hydrogens is 403 g/mol. The Labute approximate surface area is 166 Å². The number of halogens is 3. The number of H-pyrrole nitrogens is 1. The average molecular weight is 417 g/mol. The van der Waals surface area contributed by atoms with E-state index >= 15 is 0 Å². The minimum absolute atomic E-state index is 0.00171. The number of aromatic nitrogens is 4. The van der Waals surface area contributed by atoms with Gasteiger partial charge in [-0.05, 0) is 30.4 Å². The van der Waals surface area contributed by atoms with Gasteiger partial charge in [-0.15, -0.1) is 11.8 Å². The first-order valence-corrected chi connectivity index (χ1v) is 10.0. The van der Waals surface area contributed by atoms with E-state index in [9.17, 15) is 18.0 Å². The van der Waals surface area contributed by atoms with E-state index in [1.165, 1.54) is 6.20 Å². The zero-order chi connectivity index (χ0) is 20.3. The van der Waals surface area contributed by atoms with Crippen LogP contribution in [0.2, 0.25) is 0 Å². The monoisotopic (exact) mass is 417 g/mol. The fraction of sp³-hybridized carbons (Fsp3) is 0.211. The molecule has 0 radical (unpaired) electrons. The molecule has 0 bridgehead atoms. The summed E-state index contributed by atoms with van der Waals surface area (Å²) in [6, 6.07) is 5.13. The van der Waals surface area contributed by atoms with Crippen LogP contribution in [0.1, 0.15) is 6.42 Å². The standard InChI is InChI=1S/C19H14F3N5OS/c1-29-18-14(11-7-23-25-17(11)15(21)16(18)22)8-2-3-27-9(4-8)5-13(26-27)24-19(28)10-6-12(10)20/h2-5,7,10,12H,6H2,1H3,(H,23,25)(H,24,26,28). The van der Waals surface area contributed by atoms with Crippen molar-refractivity contribution >= 4 is 39.9 Å². The highest BCUT2D eigenvalue weighted by Gasteiger charge is 2.43. The fourth-order valence-electron chi connectivity index (χ4n) is 3.43. The largest absolute Gasteiger partial charge is 0.309 e. The van der Waals surface area contributed by atoms with Crippen LogP contribution < -0.4 is 5.32 Å². The summed E-state index contributed by atoms with van der Waals surface area (Å²) in [4.78, 5) is 12.1. The number of benzene rings is 1. The number of pyridine rings is 1. The number of thioether (sulfide) groups is 1. The minimum Gasteiger partial charge on any atom is -0.309 e. The molecule has 0 aliphatic heterocycles. The molecular formula is C19H14F3N5OS. The van der Waals surface area contributed by atoms with Crippen LogP contribution in [0.15, 0.2) is 35.5 Å². The van der Waals surface area contributed by atoms with Crippen LogP contribution in [-0.2, 0) is 4.79 Å². The predicted octanol–water partition coefficient (Wildman–Crippen LogP) is 4.17. The number of rotatable bonds is 4. The van der Waals surface area contributed by atoms with Crippen molar-refractivity contribution in [3.63, 3.8) is 0 Å². The highest BCUT2D eigenvalue weighted by atomic mass is 32.2. The van der Waals surface area contributed by atoms with E-state index in [-0.39, 0.29) is 16.8 Å². The number of carbonyl (C=O) groups is 1. The van der Waals surface area contributed by atoms with Crippen LogP contribution in [0.25, 0.3) is 27.5 Å². The van der Waals surface area contributed by atoms with E-state index < -0.39 is 29.6 Å². The topological polar surface area (TPSA) is 75.1 Å². The van der Waals surface area contributed by atoms with Gasteiger partial charge in [-0.2, -0.15) is 10.2 Å². The van der Waals surface area contributed by atoms with Crippen molar-refractivity contribution in [2.45, 2.75) is 17.5 Å². The van der Waals surface area contributed by atoms with Gasteiger partial charge in [0.25, 0.3) is 0 Å². The van der Waals surface area contributed by atoms with Crippen molar-refractivity contribution in [3.8, 4) is 11.1 Å². The summed E-state index contributed by atoms with van der Waals surface area (Å²) in [5.41, 5.74) is 1.81. The number of aromatic amines is 1. The van der Waals surface area contributed by atoms with Gasteiger partial charge >= 0.3 is 0 Å². The number of anilines is 1. The Bertz CT molecular complexity index is 1280. The maximum Gasteiger partial charge on any atom is 0.231 e. The molecule has 2 N–H and O–H groups in total. The zero-order valence-corrected chi connectivity index (χ0v) is 15.9. The summed E-state index contributed by atoms with van der Waals surface area (Å²) in [7, 11) is 0. The van der Waals surface area contributed by atoms with Crippen molar-refractivity contribution < 1.29 is 18.0 Å². The molecule has 3 aromatic heterocycles. The first-order valence-electron chi connectivity index (χ1n) is 8.80. The molecule has 1 fully saturated rings. The second-order valence-corrected chi connectivity index (χ2v) is 7.67. The number of nitrogens with zero attached hydrogens (tertiary/aromatic N) is 3.